The standard InChI is InChI=1S/C27H29FN2O3S/c1-33-23-13-5-8-19(16-23)26(27(32)29-21-10-3-2-4-11-21)30(22-12-6-9-20(28)17-22)25(31)18-24-14-7-15-34-24/h5-9,12-17,21,26H,2-4,10-11,18H2,1H3,(H,29,32). The van der Waals surface area contributed by atoms with Crippen molar-refractivity contribution < 1.29 is 18.7 Å². The minimum absolute atomic E-state index is 0.0658. The second kappa shape index (κ2) is 11.3. The first-order chi connectivity index (χ1) is 16.5. The zero-order valence-electron chi connectivity index (χ0n) is 19.2. The predicted molar refractivity (Wildman–Crippen MR) is 133 cm³/mol. The lowest BCUT2D eigenvalue weighted by Crippen LogP contribution is -2.47. The number of ether oxygens (including phenoxy) is 1. The van der Waals surface area contributed by atoms with E-state index in [2.05, 4.69) is 5.32 Å². The number of nitrogens with one attached hydrogen (secondary N) is 1. The molecule has 1 saturated carbocycles. The van der Waals surface area contributed by atoms with E-state index in [0.29, 0.717) is 17.0 Å². The minimum atomic E-state index is -0.966. The Morgan fingerprint density at radius 1 is 1.09 bits per heavy atom. The lowest BCUT2D eigenvalue weighted by atomic mass is 9.94. The molecule has 0 aliphatic heterocycles. The molecule has 1 aromatic heterocycles. The zero-order valence-corrected chi connectivity index (χ0v) is 20.0. The van der Waals surface area contributed by atoms with Gasteiger partial charge in [0.25, 0.3) is 0 Å². The summed E-state index contributed by atoms with van der Waals surface area (Å²) in [5, 5.41) is 5.08. The highest BCUT2D eigenvalue weighted by molar-refractivity contribution is 7.10. The highest BCUT2D eigenvalue weighted by Crippen LogP contribution is 2.32. The average Bonchev–Trinajstić information content (AvgIpc) is 3.36. The Bertz CT molecular complexity index is 1110. The van der Waals surface area contributed by atoms with Gasteiger partial charge in [-0.2, -0.15) is 0 Å². The molecule has 4 rings (SSSR count). The molecule has 1 atom stereocenters. The highest BCUT2D eigenvalue weighted by atomic mass is 32.1. The minimum Gasteiger partial charge on any atom is -0.497 e. The predicted octanol–water partition coefficient (Wildman–Crippen LogP) is 5.66. The Balaban J connectivity index is 1.76. The number of thiophene rings is 1. The van der Waals surface area contributed by atoms with E-state index < -0.39 is 11.9 Å². The van der Waals surface area contributed by atoms with E-state index in [1.165, 1.54) is 34.8 Å². The van der Waals surface area contributed by atoms with Crippen molar-refractivity contribution in [3.05, 3.63) is 82.3 Å². The molecule has 2 amide bonds. The second-order valence-corrected chi connectivity index (χ2v) is 9.55. The Morgan fingerprint density at radius 3 is 2.59 bits per heavy atom. The molecule has 1 unspecified atom stereocenters. The number of amides is 2. The van der Waals surface area contributed by atoms with Gasteiger partial charge in [-0.1, -0.05) is 43.5 Å². The van der Waals surface area contributed by atoms with Crippen molar-refractivity contribution in [2.24, 2.45) is 0 Å². The molecule has 0 saturated heterocycles. The first kappa shape index (κ1) is 24.0. The molecule has 1 aliphatic carbocycles. The van der Waals surface area contributed by atoms with Crippen LogP contribution in [0.3, 0.4) is 0 Å². The van der Waals surface area contributed by atoms with Crippen LogP contribution >= 0.6 is 11.3 Å². The molecule has 178 valence electrons. The molecule has 1 fully saturated rings. The first-order valence-corrected chi connectivity index (χ1v) is 12.5. The van der Waals surface area contributed by atoms with Crippen molar-refractivity contribution in [2.45, 2.75) is 50.6 Å². The van der Waals surface area contributed by atoms with E-state index in [4.69, 9.17) is 4.74 Å². The molecular formula is C27H29FN2O3S. The maximum absolute atomic E-state index is 14.3. The van der Waals surface area contributed by atoms with Crippen LogP contribution < -0.4 is 15.0 Å². The Kier molecular flexibility index (Phi) is 7.95. The van der Waals surface area contributed by atoms with Gasteiger partial charge in [0.1, 0.15) is 17.6 Å². The molecule has 2 aromatic carbocycles. The van der Waals surface area contributed by atoms with Gasteiger partial charge < -0.3 is 10.1 Å². The third-order valence-corrected chi connectivity index (χ3v) is 7.00. The molecule has 0 radical (unpaired) electrons. The zero-order chi connectivity index (χ0) is 23.9. The van der Waals surface area contributed by atoms with Crippen LogP contribution in [-0.2, 0) is 16.0 Å². The van der Waals surface area contributed by atoms with Crippen LogP contribution in [0.25, 0.3) is 0 Å². The van der Waals surface area contributed by atoms with Crippen LogP contribution in [0.4, 0.5) is 10.1 Å². The fourth-order valence-corrected chi connectivity index (χ4v) is 5.16. The van der Waals surface area contributed by atoms with Gasteiger partial charge in [-0.15, -0.1) is 11.3 Å². The van der Waals surface area contributed by atoms with Gasteiger partial charge in [-0.05, 0) is 60.2 Å². The van der Waals surface area contributed by atoms with Gasteiger partial charge >= 0.3 is 0 Å². The fraction of sp³-hybridized carbons (Fsp3) is 0.333. The smallest absolute Gasteiger partial charge is 0.248 e. The van der Waals surface area contributed by atoms with Crippen LogP contribution in [-0.4, -0.2) is 25.0 Å². The largest absolute Gasteiger partial charge is 0.497 e. The van der Waals surface area contributed by atoms with Crippen LogP contribution in [0, 0.1) is 5.82 Å². The Morgan fingerprint density at radius 2 is 1.88 bits per heavy atom. The number of carbonyl (C=O) groups is 2. The van der Waals surface area contributed by atoms with Crippen molar-refractivity contribution in [1.82, 2.24) is 5.32 Å². The van der Waals surface area contributed by atoms with Crippen molar-refractivity contribution in [1.29, 1.82) is 0 Å². The van der Waals surface area contributed by atoms with Gasteiger partial charge in [0.2, 0.25) is 11.8 Å². The molecule has 1 N–H and O–H groups in total. The summed E-state index contributed by atoms with van der Waals surface area (Å²) in [7, 11) is 1.56. The third kappa shape index (κ3) is 5.83. The first-order valence-electron chi connectivity index (χ1n) is 11.6. The summed E-state index contributed by atoms with van der Waals surface area (Å²) in [5.41, 5.74) is 0.949. The van der Waals surface area contributed by atoms with Crippen LogP contribution in [0.5, 0.6) is 5.75 Å². The van der Waals surface area contributed by atoms with E-state index >= 15 is 0 Å². The average molecular weight is 481 g/mol. The number of carbonyl (C=O) groups excluding carboxylic acids is 2. The molecule has 1 aliphatic rings. The summed E-state index contributed by atoms with van der Waals surface area (Å²) in [6, 6.07) is 15.9. The summed E-state index contributed by atoms with van der Waals surface area (Å²) in [4.78, 5) is 29.8. The molecule has 1 heterocycles. The summed E-state index contributed by atoms with van der Waals surface area (Å²) in [6.07, 6.45) is 5.25. The number of nitrogens with zero attached hydrogens (tertiary/aromatic N) is 1. The number of hydrogen-bond acceptors (Lipinski definition) is 4. The third-order valence-electron chi connectivity index (χ3n) is 6.13. The Labute approximate surface area is 203 Å². The van der Waals surface area contributed by atoms with Gasteiger partial charge in [0.15, 0.2) is 0 Å². The maximum Gasteiger partial charge on any atom is 0.248 e. The van der Waals surface area contributed by atoms with Gasteiger partial charge in [-0.25, -0.2) is 4.39 Å². The lowest BCUT2D eigenvalue weighted by Gasteiger charge is -2.33. The normalized spacial score (nSPS) is 14.9. The van der Waals surface area contributed by atoms with E-state index in [-0.39, 0.29) is 24.3 Å². The molecule has 5 nitrogen and oxygen atoms in total. The van der Waals surface area contributed by atoms with Gasteiger partial charge in [0.05, 0.1) is 13.5 Å². The summed E-state index contributed by atoms with van der Waals surface area (Å²) >= 11 is 1.48. The number of halogens is 1. The molecule has 0 bridgehead atoms. The van der Waals surface area contributed by atoms with Crippen molar-refractivity contribution >= 4 is 28.8 Å². The Hall–Kier alpha value is -3.19. The summed E-state index contributed by atoms with van der Waals surface area (Å²) in [5.74, 6) is -0.440. The number of rotatable bonds is 8. The van der Waals surface area contributed by atoms with Crippen molar-refractivity contribution in [3.8, 4) is 5.75 Å². The lowest BCUT2D eigenvalue weighted by molar-refractivity contribution is -0.127. The maximum atomic E-state index is 14.3. The molecular weight excluding hydrogens is 451 g/mol. The van der Waals surface area contributed by atoms with E-state index in [9.17, 15) is 14.0 Å². The van der Waals surface area contributed by atoms with Crippen LogP contribution in [0.1, 0.15) is 48.6 Å². The number of benzene rings is 2. The van der Waals surface area contributed by atoms with E-state index in [1.807, 2.05) is 17.5 Å². The number of methoxy groups -OCH3 is 1. The SMILES string of the molecule is COc1cccc(C(C(=O)NC2CCCCC2)N(C(=O)Cc2cccs2)c2cccc(F)c2)c1. The molecule has 7 heteroatoms. The molecule has 34 heavy (non-hydrogen) atoms. The molecule has 0 spiro atoms. The second-order valence-electron chi connectivity index (χ2n) is 8.52. The quantitative estimate of drug-likeness (QED) is 0.453. The van der Waals surface area contributed by atoms with Crippen LogP contribution in [0.2, 0.25) is 0 Å². The van der Waals surface area contributed by atoms with E-state index in [0.717, 1.165) is 30.6 Å². The number of hydrogen-bond donors (Lipinski definition) is 1. The number of anilines is 1. The summed E-state index contributed by atoms with van der Waals surface area (Å²) in [6.45, 7) is 0. The van der Waals surface area contributed by atoms with Crippen LogP contribution in [0.15, 0.2) is 66.0 Å². The topological polar surface area (TPSA) is 58.6 Å². The fourth-order valence-electron chi connectivity index (χ4n) is 4.47. The monoisotopic (exact) mass is 480 g/mol. The van der Waals surface area contributed by atoms with Gasteiger partial charge in [-0.3, -0.25) is 14.5 Å². The summed E-state index contributed by atoms with van der Waals surface area (Å²) < 4.78 is 19.7. The van der Waals surface area contributed by atoms with E-state index in [1.54, 1.807) is 43.5 Å². The van der Waals surface area contributed by atoms with Gasteiger partial charge in [0, 0.05) is 16.6 Å². The molecule has 3 aromatic rings. The highest BCUT2D eigenvalue weighted by Gasteiger charge is 2.34. The van der Waals surface area contributed by atoms with Crippen molar-refractivity contribution in [3.63, 3.8) is 0 Å². The van der Waals surface area contributed by atoms with Crippen molar-refractivity contribution in [2.75, 3.05) is 12.0 Å².